The average Bonchev–Trinajstić information content (AvgIpc) is 3.33. The molecule has 0 atom stereocenters. The Kier molecular flexibility index (Phi) is 6.93. The molecule has 0 saturated carbocycles. The van der Waals surface area contributed by atoms with Gasteiger partial charge in [0.15, 0.2) is 0 Å². The van der Waals surface area contributed by atoms with Crippen molar-refractivity contribution in [2.45, 2.75) is 19.9 Å². The Hall–Kier alpha value is -3.40. The third-order valence-electron chi connectivity index (χ3n) is 5.61. The Morgan fingerprint density at radius 1 is 1.09 bits per heavy atom. The van der Waals surface area contributed by atoms with Gasteiger partial charge in [0.05, 0.1) is 6.54 Å². The van der Waals surface area contributed by atoms with Gasteiger partial charge in [-0.25, -0.2) is 9.18 Å². The summed E-state index contributed by atoms with van der Waals surface area (Å²) in [6, 6.07) is 12.5. The first-order valence-electron chi connectivity index (χ1n) is 10.7. The van der Waals surface area contributed by atoms with Gasteiger partial charge < -0.3 is 14.2 Å². The van der Waals surface area contributed by atoms with Gasteiger partial charge in [-0.1, -0.05) is 25.1 Å². The van der Waals surface area contributed by atoms with Gasteiger partial charge in [0, 0.05) is 37.4 Å². The van der Waals surface area contributed by atoms with Crippen molar-refractivity contribution in [1.82, 2.24) is 20.0 Å². The van der Waals surface area contributed by atoms with E-state index in [4.69, 9.17) is 4.42 Å². The normalized spacial score (nSPS) is 14.6. The van der Waals surface area contributed by atoms with Crippen molar-refractivity contribution in [3.05, 3.63) is 65.8 Å². The summed E-state index contributed by atoms with van der Waals surface area (Å²) in [5, 5.41) is 6.98. The molecule has 1 aliphatic heterocycles. The molecular weight excluding hydrogens is 435 g/mol. The Bertz CT molecular complexity index is 1080. The molecule has 0 unspecified atom stereocenters. The molecule has 1 fully saturated rings. The maximum atomic E-state index is 13.9. The third kappa shape index (κ3) is 5.33. The number of rotatable bonds is 6. The SMILES string of the molecule is CCN1CCN(C(=O)N(Cc2ccc(-c3nnc(C(F)F)o3)cc2)c2cccc(F)c2)CC1. The standard InChI is InChI=1S/C23H24F3N5O2/c1-2-29-10-12-30(13-11-29)23(32)31(19-5-3-4-18(24)14-19)15-16-6-8-17(9-7-16)21-27-28-22(33-21)20(25)26/h3-9,14,20H,2,10-13,15H2,1H3. The van der Waals surface area contributed by atoms with Gasteiger partial charge in [0.2, 0.25) is 5.89 Å². The highest BCUT2D eigenvalue weighted by atomic mass is 19.3. The van der Waals surface area contributed by atoms with E-state index in [1.165, 1.54) is 12.1 Å². The van der Waals surface area contributed by atoms with Gasteiger partial charge in [-0.2, -0.15) is 8.78 Å². The highest BCUT2D eigenvalue weighted by Gasteiger charge is 2.26. The number of carbonyl (C=O) groups excluding carboxylic acids is 1. The molecule has 10 heteroatoms. The number of benzene rings is 2. The summed E-state index contributed by atoms with van der Waals surface area (Å²) in [5.74, 6) is -1.17. The molecule has 4 rings (SSSR count). The lowest BCUT2D eigenvalue weighted by atomic mass is 10.1. The van der Waals surface area contributed by atoms with E-state index in [-0.39, 0.29) is 18.5 Å². The van der Waals surface area contributed by atoms with E-state index in [1.807, 2.05) is 0 Å². The van der Waals surface area contributed by atoms with Crippen LogP contribution in [0.15, 0.2) is 52.9 Å². The predicted molar refractivity (Wildman–Crippen MR) is 116 cm³/mol. The number of aromatic nitrogens is 2. The van der Waals surface area contributed by atoms with Crippen molar-refractivity contribution in [2.75, 3.05) is 37.6 Å². The van der Waals surface area contributed by atoms with Crippen LogP contribution in [0.5, 0.6) is 0 Å². The molecule has 0 spiro atoms. The molecule has 3 aromatic rings. The third-order valence-corrected chi connectivity index (χ3v) is 5.61. The number of carbonyl (C=O) groups is 1. The van der Waals surface area contributed by atoms with E-state index in [0.29, 0.717) is 24.3 Å². The number of alkyl halides is 2. The number of hydrogen-bond donors (Lipinski definition) is 0. The second-order valence-corrected chi connectivity index (χ2v) is 7.71. The van der Waals surface area contributed by atoms with Gasteiger partial charge in [-0.15, -0.1) is 10.2 Å². The molecule has 2 aromatic carbocycles. The summed E-state index contributed by atoms with van der Waals surface area (Å²) in [6.07, 6.45) is -2.84. The second-order valence-electron chi connectivity index (χ2n) is 7.71. The number of hydrogen-bond acceptors (Lipinski definition) is 5. The molecular formula is C23H24F3N5O2. The minimum Gasteiger partial charge on any atom is -0.415 e. The zero-order valence-corrected chi connectivity index (χ0v) is 18.1. The molecule has 2 amide bonds. The number of nitrogens with zero attached hydrogens (tertiary/aromatic N) is 5. The van der Waals surface area contributed by atoms with Crippen molar-refractivity contribution in [1.29, 1.82) is 0 Å². The number of halogens is 3. The molecule has 0 N–H and O–H groups in total. The zero-order valence-electron chi connectivity index (χ0n) is 18.1. The monoisotopic (exact) mass is 459 g/mol. The largest absolute Gasteiger partial charge is 0.415 e. The van der Waals surface area contributed by atoms with E-state index < -0.39 is 18.1 Å². The topological polar surface area (TPSA) is 65.7 Å². The number of anilines is 1. The molecule has 0 radical (unpaired) electrons. The van der Waals surface area contributed by atoms with E-state index in [2.05, 4.69) is 22.0 Å². The van der Waals surface area contributed by atoms with Crippen molar-refractivity contribution < 1.29 is 22.4 Å². The number of likely N-dealkylation sites (N-methyl/N-ethyl adjacent to an activating group) is 1. The number of urea groups is 1. The first-order chi connectivity index (χ1) is 15.9. The fourth-order valence-electron chi connectivity index (χ4n) is 3.71. The summed E-state index contributed by atoms with van der Waals surface area (Å²) in [5.41, 5.74) is 1.72. The quantitative estimate of drug-likeness (QED) is 0.540. The summed E-state index contributed by atoms with van der Waals surface area (Å²) in [4.78, 5) is 19.0. The smallest absolute Gasteiger partial charge is 0.324 e. The lowest BCUT2D eigenvalue weighted by molar-refractivity contribution is 0.116. The van der Waals surface area contributed by atoms with Crippen LogP contribution < -0.4 is 4.90 Å². The van der Waals surface area contributed by atoms with E-state index in [1.54, 1.807) is 46.2 Å². The van der Waals surface area contributed by atoms with Crippen LogP contribution in [0.2, 0.25) is 0 Å². The maximum absolute atomic E-state index is 13.9. The van der Waals surface area contributed by atoms with Crippen molar-refractivity contribution in [2.24, 2.45) is 0 Å². The molecule has 0 aliphatic carbocycles. The van der Waals surface area contributed by atoms with Crippen LogP contribution in [0.1, 0.15) is 24.8 Å². The average molecular weight is 459 g/mol. The minimum absolute atomic E-state index is 0.0105. The Labute approximate surface area is 189 Å². The van der Waals surface area contributed by atoms with E-state index in [9.17, 15) is 18.0 Å². The highest BCUT2D eigenvalue weighted by molar-refractivity contribution is 5.92. The maximum Gasteiger partial charge on any atom is 0.324 e. The van der Waals surface area contributed by atoms with Crippen LogP contribution in [0.4, 0.5) is 23.7 Å². The fraction of sp³-hybridized carbons (Fsp3) is 0.348. The minimum atomic E-state index is -2.84. The predicted octanol–water partition coefficient (Wildman–Crippen LogP) is 4.58. The fourth-order valence-corrected chi connectivity index (χ4v) is 3.71. The molecule has 1 aliphatic rings. The molecule has 2 heterocycles. The summed E-state index contributed by atoms with van der Waals surface area (Å²) >= 11 is 0. The lowest BCUT2D eigenvalue weighted by Crippen LogP contribution is -2.52. The van der Waals surface area contributed by atoms with Gasteiger partial charge in [-0.3, -0.25) is 4.90 Å². The zero-order chi connectivity index (χ0) is 23.4. The molecule has 0 bridgehead atoms. The van der Waals surface area contributed by atoms with Crippen LogP contribution in [0.25, 0.3) is 11.5 Å². The number of amides is 2. The Balaban J connectivity index is 1.54. The number of piperazine rings is 1. The Morgan fingerprint density at radius 2 is 1.82 bits per heavy atom. The van der Waals surface area contributed by atoms with Crippen LogP contribution in [0.3, 0.4) is 0 Å². The van der Waals surface area contributed by atoms with Gasteiger partial charge >= 0.3 is 12.5 Å². The molecule has 1 saturated heterocycles. The van der Waals surface area contributed by atoms with Gasteiger partial charge in [-0.05, 0) is 42.4 Å². The summed E-state index contributed by atoms with van der Waals surface area (Å²) in [7, 11) is 0. The molecule has 33 heavy (non-hydrogen) atoms. The van der Waals surface area contributed by atoms with E-state index >= 15 is 0 Å². The van der Waals surface area contributed by atoms with Gasteiger partial charge in [0.1, 0.15) is 5.82 Å². The van der Waals surface area contributed by atoms with Crippen LogP contribution in [-0.4, -0.2) is 58.8 Å². The van der Waals surface area contributed by atoms with Crippen LogP contribution in [0, 0.1) is 5.82 Å². The first-order valence-corrected chi connectivity index (χ1v) is 10.7. The van der Waals surface area contributed by atoms with Gasteiger partial charge in [0.25, 0.3) is 5.89 Å². The van der Waals surface area contributed by atoms with Crippen molar-refractivity contribution >= 4 is 11.7 Å². The Morgan fingerprint density at radius 3 is 2.42 bits per heavy atom. The summed E-state index contributed by atoms with van der Waals surface area (Å²) < 4.78 is 44.3. The van der Waals surface area contributed by atoms with Crippen molar-refractivity contribution in [3.63, 3.8) is 0 Å². The summed E-state index contributed by atoms with van der Waals surface area (Å²) in [6.45, 7) is 6.01. The second kappa shape index (κ2) is 10.0. The molecule has 7 nitrogen and oxygen atoms in total. The van der Waals surface area contributed by atoms with E-state index in [0.717, 1.165) is 25.2 Å². The molecule has 174 valence electrons. The highest BCUT2D eigenvalue weighted by Crippen LogP contribution is 2.25. The van der Waals surface area contributed by atoms with Crippen LogP contribution >= 0.6 is 0 Å². The molecule has 1 aromatic heterocycles. The first kappa shape index (κ1) is 22.8. The van der Waals surface area contributed by atoms with Crippen LogP contribution in [-0.2, 0) is 6.54 Å². The van der Waals surface area contributed by atoms with Crippen molar-refractivity contribution in [3.8, 4) is 11.5 Å². The lowest BCUT2D eigenvalue weighted by Gasteiger charge is -2.37.